The fraction of sp³-hybridized carbons (Fsp3) is 0.364. The van der Waals surface area contributed by atoms with Crippen molar-refractivity contribution in [1.29, 1.82) is 0 Å². The third-order valence-electron chi connectivity index (χ3n) is 1.86. The van der Waals surface area contributed by atoms with Gasteiger partial charge >= 0.3 is 0 Å². The number of amides is 2. The first kappa shape index (κ1) is 15.7. The normalized spacial score (nSPS) is 9.70. The predicted molar refractivity (Wildman–Crippen MR) is 65.5 cm³/mol. The molecule has 0 aliphatic rings. The largest absolute Gasteiger partial charge is 0.482 e. The second-order valence-electron chi connectivity index (χ2n) is 3.37. The molecule has 2 amide bonds. The monoisotopic (exact) mass is 285 g/mol. The van der Waals surface area contributed by atoms with Crippen LogP contribution in [0.25, 0.3) is 0 Å². The van der Waals surface area contributed by atoms with Crippen LogP contribution in [-0.4, -0.2) is 44.2 Å². The van der Waals surface area contributed by atoms with Crippen LogP contribution >= 0.6 is 0 Å². The maximum Gasteiger partial charge on any atom is 0.281 e. The summed E-state index contributed by atoms with van der Waals surface area (Å²) in [6, 6.07) is 3.06. The average Bonchev–Trinajstić information content (AvgIpc) is 2.45. The second kappa shape index (κ2) is 8.67. The number of nitrogens with zero attached hydrogens (tertiary/aromatic N) is 1. The molecule has 2 N–H and O–H groups in total. The number of pyridine rings is 1. The van der Waals surface area contributed by atoms with E-state index in [1.165, 1.54) is 26.5 Å². The van der Waals surface area contributed by atoms with Crippen LogP contribution in [0.1, 0.15) is 0 Å². The zero-order chi connectivity index (χ0) is 14.8. The van der Waals surface area contributed by atoms with Crippen LogP contribution in [0.15, 0.2) is 18.3 Å². The summed E-state index contributed by atoms with van der Waals surface area (Å²) < 4.78 is 10.2. The Labute approximate surface area is 115 Å². The molecule has 0 bridgehead atoms. The molecule has 0 radical (unpaired) electrons. The first-order valence-electron chi connectivity index (χ1n) is 5.51. The summed E-state index contributed by atoms with van der Waals surface area (Å²) in [5.74, 6) is -0.246. The van der Waals surface area contributed by atoms with Gasteiger partial charge in [-0.1, -0.05) is 0 Å². The van der Waals surface area contributed by atoms with Crippen molar-refractivity contribution < 1.29 is 28.7 Å². The van der Waals surface area contributed by atoms with Gasteiger partial charge in [-0.15, -0.1) is 0 Å². The molecule has 0 fully saturated rings. The van der Waals surface area contributed by atoms with Crippen molar-refractivity contribution in [2.75, 3.05) is 27.4 Å². The third kappa shape index (κ3) is 5.98. The highest BCUT2D eigenvalue weighted by Crippen LogP contribution is 2.13. The van der Waals surface area contributed by atoms with E-state index < -0.39 is 11.8 Å². The Morgan fingerprint density at radius 3 is 2.15 bits per heavy atom. The van der Waals surface area contributed by atoms with Crippen molar-refractivity contribution in [2.24, 2.45) is 0 Å². The van der Waals surface area contributed by atoms with Crippen LogP contribution in [0.3, 0.4) is 0 Å². The number of carbonyl (C=O) groups excluding carboxylic acids is 2. The summed E-state index contributed by atoms with van der Waals surface area (Å²) in [4.78, 5) is 34.9. The number of hydroxylamine groups is 2. The maximum atomic E-state index is 11.1. The van der Waals surface area contributed by atoms with E-state index in [4.69, 9.17) is 9.47 Å². The number of hydrogen-bond donors (Lipinski definition) is 2. The molecule has 9 heteroatoms. The lowest BCUT2D eigenvalue weighted by molar-refractivity contribution is -0.134. The molecule has 0 unspecified atom stereocenters. The van der Waals surface area contributed by atoms with Gasteiger partial charge in [0.25, 0.3) is 11.8 Å². The van der Waals surface area contributed by atoms with E-state index in [1.54, 1.807) is 6.07 Å². The van der Waals surface area contributed by atoms with Gasteiger partial charge in [-0.05, 0) is 6.07 Å². The number of nitrogens with one attached hydrogen (secondary N) is 2. The summed E-state index contributed by atoms with van der Waals surface area (Å²) in [5, 5.41) is 0. The molecule has 110 valence electrons. The van der Waals surface area contributed by atoms with Crippen LogP contribution in [0.4, 0.5) is 0 Å². The molecule has 1 aromatic heterocycles. The number of ether oxygens (including phenoxy) is 2. The smallest absolute Gasteiger partial charge is 0.281 e. The fourth-order valence-corrected chi connectivity index (χ4v) is 1.11. The number of carbonyl (C=O) groups is 2. The van der Waals surface area contributed by atoms with Crippen molar-refractivity contribution >= 4 is 11.8 Å². The van der Waals surface area contributed by atoms with Gasteiger partial charge in [-0.25, -0.2) is 15.9 Å². The average molecular weight is 285 g/mol. The molecule has 1 rings (SSSR count). The fourth-order valence-electron chi connectivity index (χ4n) is 1.11. The van der Waals surface area contributed by atoms with E-state index in [9.17, 15) is 9.59 Å². The van der Waals surface area contributed by atoms with Crippen LogP contribution in [-0.2, 0) is 19.3 Å². The molecule has 9 nitrogen and oxygen atoms in total. The zero-order valence-corrected chi connectivity index (χ0v) is 11.0. The van der Waals surface area contributed by atoms with Gasteiger partial charge in [0.2, 0.25) is 5.88 Å². The molecule has 0 saturated heterocycles. The highest BCUT2D eigenvalue weighted by Gasteiger charge is 2.05. The van der Waals surface area contributed by atoms with Gasteiger partial charge in [-0.2, -0.15) is 0 Å². The lowest BCUT2D eigenvalue weighted by Crippen LogP contribution is -2.28. The predicted octanol–water partition coefficient (Wildman–Crippen LogP) is -0.806. The molecule has 1 aromatic rings. The standard InChI is InChI=1S/C11H15N3O6/c1-17-13-9(15)6-19-8-3-4-11(12-5-8)20-7-10(16)14-18-2/h3-5H,6-7H2,1-2H3,(H,13,15)(H,14,16). The lowest BCUT2D eigenvalue weighted by atomic mass is 10.4. The highest BCUT2D eigenvalue weighted by atomic mass is 16.6. The van der Waals surface area contributed by atoms with E-state index in [0.717, 1.165) is 0 Å². The SMILES string of the molecule is CONC(=O)COc1ccc(OCC(=O)NOC)nc1. The molecule has 1 heterocycles. The minimum absolute atomic E-state index is 0.202. The van der Waals surface area contributed by atoms with E-state index in [0.29, 0.717) is 5.75 Å². The Kier molecular flexibility index (Phi) is 6.79. The summed E-state index contributed by atoms with van der Waals surface area (Å²) in [6.07, 6.45) is 1.36. The number of rotatable bonds is 8. The van der Waals surface area contributed by atoms with Gasteiger partial charge in [-0.3, -0.25) is 19.3 Å². The van der Waals surface area contributed by atoms with Crippen LogP contribution < -0.4 is 20.4 Å². The molecule has 20 heavy (non-hydrogen) atoms. The maximum absolute atomic E-state index is 11.1. The third-order valence-corrected chi connectivity index (χ3v) is 1.86. The first-order chi connectivity index (χ1) is 9.65. The van der Waals surface area contributed by atoms with Gasteiger partial charge in [0.1, 0.15) is 5.75 Å². The van der Waals surface area contributed by atoms with E-state index in [2.05, 4.69) is 25.6 Å². The summed E-state index contributed by atoms with van der Waals surface area (Å²) >= 11 is 0. The van der Waals surface area contributed by atoms with Crippen LogP contribution in [0.5, 0.6) is 11.6 Å². The Balaban J connectivity index is 2.36. The zero-order valence-electron chi connectivity index (χ0n) is 11.0. The molecule has 0 aromatic carbocycles. The van der Waals surface area contributed by atoms with Gasteiger partial charge < -0.3 is 9.47 Å². The Morgan fingerprint density at radius 2 is 1.65 bits per heavy atom. The first-order valence-corrected chi connectivity index (χ1v) is 5.51. The number of aromatic nitrogens is 1. The van der Waals surface area contributed by atoms with Crippen molar-refractivity contribution in [1.82, 2.24) is 15.9 Å². The summed E-state index contributed by atoms with van der Waals surface area (Å²) in [6.45, 7) is -0.427. The van der Waals surface area contributed by atoms with Gasteiger partial charge in [0.15, 0.2) is 13.2 Å². The molecule has 0 saturated carbocycles. The Bertz CT molecular complexity index is 395. The van der Waals surface area contributed by atoms with Crippen LogP contribution in [0, 0.1) is 0 Å². The minimum atomic E-state index is -0.439. The number of hydrogen-bond acceptors (Lipinski definition) is 7. The second-order valence-corrected chi connectivity index (χ2v) is 3.37. The summed E-state index contributed by atoms with van der Waals surface area (Å²) in [5.41, 5.74) is 4.21. The molecular weight excluding hydrogens is 270 g/mol. The lowest BCUT2D eigenvalue weighted by Gasteiger charge is -2.07. The van der Waals surface area contributed by atoms with Gasteiger partial charge in [0, 0.05) is 6.07 Å². The van der Waals surface area contributed by atoms with E-state index >= 15 is 0 Å². The Morgan fingerprint density at radius 1 is 1.05 bits per heavy atom. The molecule has 0 aliphatic heterocycles. The quantitative estimate of drug-likeness (QED) is 0.602. The summed E-state index contributed by atoms with van der Waals surface area (Å²) in [7, 11) is 2.65. The topological polar surface area (TPSA) is 108 Å². The Hall–Kier alpha value is -2.39. The van der Waals surface area contributed by atoms with Crippen molar-refractivity contribution in [2.45, 2.75) is 0 Å². The molecule has 0 aliphatic carbocycles. The van der Waals surface area contributed by atoms with Crippen molar-refractivity contribution in [3.63, 3.8) is 0 Å². The molecular formula is C11H15N3O6. The molecule has 0 atom stereocenters. The van der Waals surface area contributed by atoms with Crippen molar-refractivity contribution in [3.05, 3.63) is 18.3 Å². The highest BCUT2D eigenvalue weighted by molar-refractivity contribution is 5.76. The minimum Gasteiger partial charge on any atom is -0.482 e. The van der Waals surface area contributed by atoms with E-state index in [1.807, 2.05) is 0 Å². The van der Waals surface area contributed by atoms with E-state index in [-0.39, 0.29) is 19.1 Å². The molecule has 0 spiro atoms. The van der Waals surface area contributed by atoms with Crippen molar-refractivity contribution in [3.8, 4) is 11.6 Å². The van der Waals surface area contributed by atoms with Crippen LogP contribution in [0.2, 0.25) is 0 Å². The van der Waals surface area contributed by atoms with Gasteiger partial charge in [0.05, 0.1) is 20.4 Å².